The van der Waals surface area contributed by atoms with E-state index in [1.807, 2.05) is 0 Å². The molecule has 1 aromatic rings. The Bertz CT molecular complexity index is 412. The Hall–Kier alpha value is -1.69. The molecule has 1 fully saturated rings. The maximum absolute atomic E-state index is 11.5. The molecule has 1 atom stereocenters. The van der Waals surface area contributed by atoms with Crippen molar-refractivity contribution in [3.63, 3.8) is 0 Å². The molecule has 1 N–H and O–H groups in total. The molecule has 0 aromatic carbocycles. The van der Waals surface area contributed by atoms with Gasteiger partial charge in [-0.1, -0.05) is 6.07 Å². The smallest absolute Gasteiger partial charge is 0.336 e. The Kier molecular flexibility index (Phi) is 2.51. The second-order valence-electron chi connectivity index (χ2n) is 3.00. The van der Waals surface area contributed by atoms with E-state index in [4.69, 9.17) is 0 Å². The van der Waals surface area contributed by atoms with Crippen LogP contribution in [-0.2, 0) is 14.3 Å². The number of carbonyl (C=O) groups excluding carboxylic acids is 3. The van der Waals surface area contributed by atoms with Crippen LogP contribution in [0.25, 0.3) is 0 Å². The zero-order chi connectivity index (χ0) is 10.8. The Labute approximate surface area is 89.0 Å². The van der Waals surface area contributed by atoms with Gasteiger partial charge in [0, 0.05) is 0 Å². The normalized spacial score (nSPS) is 20.1. The van der Waals surface area contributed by atoms with Gasteiger partial charge in [-0.25, -0.2) is 4.79 Å². The SMILES string of the molecule is O=C1C[C@@H](NC(=O)c2cccs2)C(=O)O1. The van der Waals surface area contributed by atoms with Crippen LogP contribution in [0, 0.1) is 0 Å². The first-order chi connectivity index (χ1) is 7.16. The highest BCUT2D eigenvalue weighted by Gasteiger charge is 2.34. The molecule has 0 spiro atoms. The number of nitrogens with one attached hydrogen (secondary N) is 1. The van der Waals surface area contributed by atoms with E-state index in [1.165, 1.54) is 11.3 Å². The minimum Gasteiger partial charge on any atom is -0.392 e. The van der Waals surface area contributed by atoms with Crippen molar-refractivity contribution >= 4 is 29.2 Å². The summed E-state index contributed by atoms with van der Waals surface area (Å²) >= 11 is 1.27. The topological polar surface area (TPSA) is 72.5 Å². The van der Waals surface area contributed by atoms with Crippen LogP contribution in [0.5, 0.6) is 0 Å². The van der Waals surface area contributed by atoms with E-state index >= 15 is 0 Å². The van der Waals surface area contributed by atoms with Gasteiger partial charge in [0.15, 0.2) is 0 Å². The van der Waals surface area contributed by atoms with Crippen LogP contribution in [0.1, 0.15) is 16.1 Å². The fraction of sp³-hybridized carbons (Fsp3) is 0.222. The molecule has 2 heterocycles. The second kappa shape index (κ2) is 3.82. The van der Waals surface area contributed by atoms with Crippen molar-refractivity contribution in [3.8, 4) is 0 Å². The van der Waals surface area contributed by atoms with Gasteiger partial charge in [0.2, 0.25) is 0 Å². The highest BCUT2D eigenvalue weighted by molar-refractivity contribution is 7.12. The largest absolute Gasteiger partial charge is 0.392 e. The molecule has 78 valence electrons. The monoisotopic (exact) mass is 225 g/mol. The summed E-state index contributed by atoms with van der Waals surface area (Å²) in [7, 11) is 0. The molecule has 0 radical (unpaired) electrons. The molecule has 0 aliphatic carbocycles. The van der Waals surface area contributed by atoms with Crippen LogP contribution in [-0.4, -0.2) is 23.9 Å². The van der Waals surface area contributed by atoms with Crippen molar-refractivity contribution in [2.75, 3.05) is 0 Å². The molecule has 5 nitrogen and oxygen atoms in total. The lowest BCUT2D eigenvalue weighted by Crippen LogP contribution is -2.37. The molecule has 6 heteroatoms. The van der Waals surface area contributed by atoms with Crippen LogP contribution >= 0.6 is 11.3 Å². The number of cyclic esters (lactones) is 2. The third-order valence-corrected chi connectivity index (χ3v) is 2.79. The number of carbonyl (C=O) groups is 3. The van der Waals surface area contributed by atoms with Crippen molar-refractivity contribution in [2.45, 2.75) is 12.5 Å². The minimum atomic E-state index is -0.841. The van der Waals surface area contributed by atoms with E-state index in [1.54, 1.807) is 17.5 Å². The van der Waals surface area contributed by atoms with Gasteiger partial charge < -0.3 is 10.1 Å². The zero-order valence-corrected chi connectivity index (χ0v) is 8.37. The predicted molar refractivity (Wildman–Crippen MR) is 51.3 cm³/mol. The fourth-order valence-corrected chi connectivity index (χ4v) is 1.85. The highest BCUT2D eigenvalue weighted by Crippen LogP contribution is 2.12. The van der Waals surface area contributed by atoms with Crippen molar-refractivity contribution in [1.82, 2.24) is 5.32 Å². The lowest BCUT2D eigenvalue weighted by molar-refractivity contribution is -0.152. The molecule has 1 amide bonds. The average Bonchev–Trinajstić information content (AvgIpc) is 2.76. The van der Waals surface area contributed by atoms with Gasteiger partial charge in [0.1, 0.15) is 6.04 Å². The Morgan fingerprint density at radius 3 is 2.87 bits per heavy atom. The van der Waals surface area contributed by atoms with Gasteiger partial charge in [-0.2, -0.15) is 0 Å². The zero-order valence-electron chi connectivity index (χ0n) is 7.56. The predicted octanol–water partition coefficient (Wildman–Crippen LogP) is 0.320. The first-order valence-corrected chi connectivity index (χ1v) is 5.13. The lowest BCUT2D eigenvalue weighted by Gasteiger charge is -2.05. The van der Waals surface area contributed by atoms with Gasteiger partial charge in [-0.3, -0.25) is 9.59 Å². The summed E-state index contributed by atoms with van der Waals surface area (Å²) in [5.41, 5.74) is 0. The third-order valence-electron chi connectivity index (χ3n) is 1.92. The molecule has 0 unspecified atom stereocenters. The van der Waals surface area contributed by atoms with Crippen molar-refractivity contribution in [1.29, 1.82) is 0 Å². The Balaban J connectivity index is 2.01. The molecule has 1 aromatic heterocycles. The molecule has 2 rings (SSSR count). The summed E-state index contributed by atoms with van der Waals surface area (Å²) in [4.78, 5) is 33.8. The number of rotatable bonds is 2. The summed E-state index contributed by atoms with van der Waals surface area (Å²) in [6, 6.07) is 2.53. The maximum atomic E-state index is 11.5. The van der Waals surface area contributed by atoms with Gasteiger partial charge >= 0.3 is 11.9 Å². The Morgan fingerprint density at radius 2 is 2.33 bits per heavy atom. The van der Waals surface area contributed by atoms with Crippen LogP contribution in [0.4, 0.5) is 0 Å². The van der Waals surface area contributed by atoms with Crippen molar-refractivity contribution in [2.24, 2.45) is 0 Å². The van der Waals surface area contributed by atoms with Gasteiger partial charge in [-0.15, -0.1) is 11.3 Å². The lowest BCUT2D eigenvalue weighted by atomic mass is 10.2. The van der Waals surface area contributed by atoms with Crippen LogP contribution in [0.2, 0.25) is 0 Å². The second-order valence-corrected chi connectivity index (χ2v) is 3.95. The van der Waals surface area contributed by atoms with Crippen molar-refractivity contribution in [3.05, 3.63) is 22.4 Å². The van der Waals surface area contributed by atoms with E-state index in [0.717, 1.165) is 0 Å². The summed E-state index contributed by atoms with van der Waals surface area (Å²) in [5.74, 6) is -1.65. The summed E-state index contributed by atoms with van der Waals surface area (Å²) in [6.45, 7) is 0. The number of amides is 1. The first kappa shape index (κ1) is 9.85. The highest BCUT2D eigenvalue weighted by atomic mass is 32.1. The van der Waals surface area contributed by atoms with E-state index in [2.05, 4.69) is 10.1 Å². The van der Waals surface area contributed by atoms with Gasteiger partial charge in [-0.05, 0) is 11.4 Å². The van der Waals surface area contributed by atoms with E-state index in [-0.39, 0.29) is 12.3 Å². The summed E-state index contributed by atoms with van der Waals surface area (Å²) < 4.78 is 4.30. The third kappa shape index (κ3) is 2.04. The maximum Gasteiger partial charge on any atom is 0.336 e. The van der Waals surface area contributed by atoms with Crippen molar-refractivity contribution < 1.29 is 19.1 Å². The molecule has 0 saturated carbocycles. The Morgan fingerprint density at radius 1 is 1.53 bits per heavy atom. The van der Waals surface area contributed by atoms with E-state index in [9.17, 15) is 14.4 Å². The number of ether oxygens (including phenoxy) is 1. The number of thiophene rings is 1. The minimum absolute atomic E-state index is 0.0874. The molecule has 0 bridgehead atoms. The molecule has 1 saturated heterocycles. The summed E-state index contributed by atoms with van der Waals surface area (Å²) in [5, 5.41) is 4.19. The molecule has 1 aliphatic heterocycles. The van der Waals surface area contributed by atoms with Crippen LogP contribution in [0.15, 0.2) is 17.5 Å². The number of esters is 2. The van der Waals surface area contributed by atoms with Gasteiger partial charge in [0.25, 0.3) is 5.91 Å². The van der Waals surface area contributed by atoms with Crippen LogP contribution < -0.4 is 5.32 Å². The van der Waals surface area contributed by atoms with E-state index < -0.39 is 18.0 Å². The number of hydrogen-bond donors (Lipinski definition) is 1. The number of hydrogen-bond acceptors (Lipinski definition) is 5. The first-order valence-electron chi connectivity index (χ1n) is 4.25. The standard InChI is InChI=1S/C9H7NO4S/c11-7-4-5(9(13)14-7)10-8(12)6-2-1-3-15-6/h1-3,5H,4H2,(H,10,12)/t5-/m1/s1. The van der Waals surface area contributed by atoms with Crippen LogP contribution in [0.3, 0.4) is 0 Å². The van der Waals surface area contributed by atoms with E-state index in [0.29, 0.717) is 4.88 Å². The molecular formula is C9H7NO4S. The quantitative estimate of drug-likeness (QED) is 0.581. The van der Waals surface area contributed by atoms with Gasteiger partial charge in [0.05, 0.1) is 11.3 Å². The summed E-state index contributed by atoms with van der Waals surface area (Å²) in [6.07, 6.45) is -0.0874. The fourth-order valence-electron chi connectivity index (χ4n) is 1.22. The average molecular weight is 225 g/mol. The molecule has 15 heavy (non-hydrogen) atoms. The molecular weight excluding hydrogens is 218 g/mol. The molecule has 1 aliphatic rings.